The maximum atomic E-state index is 3.13. The summed E-state index contributed by atoms with van der Waals surface area (Å²) in [5, 5.41) is 0. The van der Waals surface area contributed by atoms with Gasteiger partial charge in [-0.3, -0.25) is 0 Å². The molecule has 0 spiro atoms. The van der Waals surface area contributed by atoms with Gasteiger partial charge in [0.1, 0.15) is 0 Å². The summed E-state index contributed by atoms with van der Waals surface area (Å²) in [5.41, 5.74) is 0. The molecule has 0 unspecified atom stereocenters. The molecule has 0 N–H and O–H groups in total. The van der Waals surface area contributed by atoms with E-state index >= 15 is 0 Å². The number of hydrogen-bond acceptors (Lipinski definition) is 0. The summed E-state index contributed by atoms with van der Waals surface area (Å²) < 4.78 is 3.04. The van der Waals surface area contributed by atoms with E-state index in [0.29, 0.717) is 0 Å². The third-order valence-electron chi connectivity index (χ3n) is 1.51. The maximum absolute atomic E-state index is 3.13. The molecule has 0 aliphatic carbocycles. The van der Waals surface area contributed by atoms with Crippen LogP contribution in [0, 0.1) is 9.79 Å². The molecule has 0 saturated carbocycles. The first-order valence-electron chi connectivity index (χ1n) is 4.10. The molecule has 10 heavy (non-hydrogen) atoms. The van der Waals surface area contributed by atoms with Gasteiger partial charge in [-0.15, -0.1) is 0 Å². The number of rotatable bonds is 5. The monoisotopic (exact) mass is 246 g/mol. The van der Waals surface area contributed by atoms with Crippen molar-refractivity contribution < 1.29 is 0 Å². The molecule has 0 aromatic heterocycles. The summed E-state index contributed by atoms with van der Waals surface area (Å²) >= 11 is 1.10. The first-order valence-corrected chi connectivity index (χ1v) is 5.75. The molecule has 0 aromatic carbocycles. The fourth-order valence-corrected chi connectivity index (χ4v) is 1.30. The minimum absolute atomic E-state index is 1.10. The summed E-state index contributed by atoms with van der Waals surface area (Å²) in [4.78, 5) is 0. The van der Waals surface area contributed by atoms with Gasteiger partial charge in [-0.25, -0.2) is 0 Å². The molecule has 0 atom stereocenters. The van der Waals surface area contributed by atoms with Crippen LogP contribution in [0.15, 0.2) is 0 Å². The van der Waals surface area contributed by atoms with Crippen LogP contribution in [0.5, 0.6) is 0 Å². The van der Waals surface area contributed by atoms with Gasteiger partial charge in [0.2, 0.25) is 0 Å². The van der Waals surface area contributed by atoms with Gasteiger partial charge in [0.05, 0.1) is 0 Å². The van der Waals surface area contributed by atoms with Gasteiger partial charge in [-0.05, 0) is 0 Å². The van der Waals surface area contributed by atoms with E-state index in [4.69, 9.17) is 0 Å². The molecule has 1 heteroatoms. The van der Waals surface area contributed by atoms with Crippen LogP contribution >= 0.6 is 0 Å². The summed E-state index contributed by atoms with van der Waals surface area (Å²) in [6.45, 7) is 2.25. The molecule has 0 heterocycles. The molecule has 0 nitrogen and oxygen atoms in total. The quantitative estimate of drug-likeness (QED) is 0.395. The second-order valence-corrected chi connectivity index (χ2v) is 3.31. The van der Waals surface area contributed by atoms with Crippen LogP contribution in [0.3, 0.4) is 0 Å². The second kappa shape index (κ2) is 9.38. The molecule has 58 valence electrons. The Bertz CT molecular complexity index is 108. The van der Waals surface area contributed by atoms with Crippen LogP contribution in [0.4, 0.5) is 0 Å². The van der Waals surface area contributed by atoms with E-state index in [1.165, 1.54) is 32.1 Å². The average Bonchev–Trinajstić information content (AvgIpc) is 1.97. The fraction of sp³-hybridized carbons (Fsp3) is 0.778. The Morgan fingerprint density at radius 2 is 1.80 bits per heavy atom. The van der Waals surface area contributed by atoms with Gasteiger partial charge in [0.15, 0.2) is 0 Å². The van der Waals surface area contributed by atoms with Crippen molar-refractivity contribution in [1.82, 2.24) is 0 Å². The van der Waals surface area contributed by atoms with E-state index in [9.17, 15) is 0 Å². The van der Waals surface area contributed by atoms with Gasteiger partial charge < -0.3 is 0 Å². The predicted octanol–water partition coefficient (Wildman–Crippen LogP) is 1.94. The summed E-state index contributed by atoms with van der Waals surface area (Å²) in [6, 6.07) is 0. The van der Waals surface area contributed by atoms with Gasteiger partial charge in [0.25, 0.3) is 0 Å². The Balaban J connectivity index is 2.82. The Morgan fingerprint density at radius 1 is 1.10 bits per heavy atom. The molecule has 0 rings (SSSR count). The van der Waals surface area contributed by atoms with Crippen LogP contribution in [0.1, 0.15) is 45.4 Å². The Morgan fingerprint density at radius 3 is 2.40 bits per heavy atom. The van der Waals surface area contributed by atoms with Crippen molar-refractivity contribution in [3.05, 3.63) is 0 Å². The molecule has 0 amide bonds. The zero-order valence-corrected chi connectivity index (χ0v) is 10.1. The SMILES string of the molecule is CCCCCCCC#[C][SbH2]. The van der Waals surface area contributed by atoms with Gasteiger partial charge in [-0.2, -0.15) is 0 Å². The molecule has 0 aromatic rings. The second-order valence-electron chi connectivity index (χ2n) is 2.49. The number of hydrogen-bond donors (Lipinski definition) is 0. The van der Waals surface area contributed by atoms with Gasteiger partial charge in [0, 0.05) is 0 Å². The molecule has 0 fully saturated rings. The molecular formula is C9H17Sb. The number of unbranched alkanes of at least 4 members (excludes halogenated alkanes) is 5. The first-order chi connectivity index (χ1) is 4.91. The fourth-order valence-electron chi connectivity index (χ4n) is 0.889. The summed E-state index contributed by atoms with van der Waals surface area (Å²) in [7, 11) is 0. The van der Waals surface area contributed by atoms with Crippen molar-refractivity contribution >= 4 is 23.0 Å². The van der Waals surface area contributed by atoms with Crippen molar-refractivity contribution in [2.24, 2.45) is 0 Å². The summed E-state index contributed by atoms with van der Waals surface area (Å²) in [6.07, 6.45) is 7.96. The molecule has 0 bridgehead atoms. The van der Waals surface area contributed by atoms with E-state index in [1.54, 1.807) is 0 Å². The molecule has 0 radical (unpaired) electrons. The van der Waals surface area contributed by atoms with Crippen LogP contribution in [-0.2, 0) is 0 Å². The zero-order chi connectivity index (χ0) is 7.66. The normalized spacial score (nSPS) is 8.60. The molecule has 0 saturated heterocycles. The first kappa shape index (κ1) is 10.4. The minimum atomic E-state index is 1.10. The standard InChI is InChI=1S/C9H15.Sb.2H/c1-3-5-7-9-8-6-4-2;;;/h3,5-9H2,1H3;;;. The van der Waals surface area contributed by atoms with Crippen molar-refractivity contribution in [2.75, 3.05) is 0 Å². The molecular weight excluding hydrogens is 230 g/mol. The van der Waals surface area contributed by atoms with Gasteiger partial charge >= 0.3 is 78.3 Å². The molecule has 0 aliphatic rings. The molecule has 0 aliphatic heterocycles. The van der Waals surface area contributed by atoms with Crippen LogP contribution in [-0.4, -0.2) is 23.0 Å². The van der Waals surface area contributed by atoms with E-state index in [2.05, 4.69) is 16.7 Å². The Kier molecular flexibility index (Phi) is 9.73. The van der Waals surface area contributed by atoms with E-state index < -0.39 is 0 Å². The van der Waals surface area contributed by atoms with Gasteiger partial charge in [-0.1, -0.05) is 0 Å². The van der Waals surface area contributed by atoms with Crippen molar-refractivity contribution in [3.63, 3.8) is 0 Å². The van der Waals surface area contributed by atoms with Crippen LogP contribution < -0.4 is 0 Å². The van der Waals surface area contributed by atoms with E-state index in [1.807, 2.05) is 0 Å². The van der Waals surface area contributed by atoms with Crippen molar-refractivity contribution in [3.8, 4) is 9.79 Å². The third kappa shape index (κ3) is 8.38. The topological polar surface area (TPSA) is 0 Å². The zero-order valence-electron chi connectivity index (χ0n) is 6.82. The average molecular weight is 247 g/mol. The van der Waals surface area contributed by atoms with Crippen LogP contribution in [0.25, 0.3) is 0 Å². The Labute approximate surface area is 78.3 Å². The van der Waals surface area contributed by atoms with E-state index in [0.717, 1.165) is 29.4 Å². The summed E-state index contributed by atoms with van der Waals surface area (Å²) in [5.74, 6) is 3.13. The van der Waals surface area contributed by atoms with Crippen molar-refractivity contribution in [2.45, 2.75) is 45.4 Å². The van der Waals surface area contributed by atoms with Crippen LogP contribution in [0.2, 0.25) is 0 Å². The predicted molar refractivity (Wildman–Crippen MR) is 49.7 cm³/mol. The van der Waals surface area contributed by atoms with Crippen molar-refractivity contribution in [1.29, 1.82) is 0 Å². The Hall–Kier alpha value is 0.378. The van der Waals surface area contributed by atoms with E-state index in [-0.39, 0.29) is 0 Å². The third-order valence-corrected chi connectivity index (χ3v) is 2.09.